The van der Waals surface area contributed by atoms with Gasteiger partial charge in [-0.2, -0.15) is 0 Å². The molecule has 1 unspecified atom stereocenters. The molecule has 0 bridgehead atoms. The van der Waals surface area contributed by atoms with E-state index >= 15 is 0 Å². The zero-order valence-corrected chi connectivity index (χ0v) is 5.63. The van der Waals surface area contributed by atoms with Crippen molar-refractivity contribution in [2.45, 2.75) is 13.0 Å². The van der Waals surface area contributed by atoms with Crippen molar-refractivity contribution in [2.75, 3.05) is 0 Å². The third kappa shape index (κ3) is 1.23. The highest BCUT2D eigenvalue weighted by molar-refractivity contribution is 5.09. The van der Waals surface area contributed by atoms with E-state index < -0.39 is 5.95 Å². The van der Waals surface area contributed by atoms with Crippen LogP contribution < -0.4 is 10.7 Å². The predicted octanol–water partition coefficient (Wildman–Crippen LogP) is 0.245. The summed E-state index contributed by atoms with van der Waals surface area (Å²) in [6.45, 7) is 1.71. The summed E-state index contributed by atoms with van der Waals surface area (Å²) in [5.74, 6) is -0.530. The van der Waals surface area contributed by atoms with Gasteiger partial charge < -0.3 is 5.73 Å². The maximum Gasteiger partial charge on any atom is 0.498 e. The molecule has 1 aromatic heterocycles. The van der Waals surface area contributed by atoms with Gasteiger partial charge in [-0.3, -0.25) is 0 Å². The fraction of sp³-hybridized carbons (Fsp3) is 0.286. The largest absolute Gasteiger partial charge is 0.498 e. The van der Waals surface area contributed by atoms with Crippen LogP contribution in [0.2, 0.25) is 0 Å². The first-order chi connectivity index (χ1) is 4.72. The summed E-state index contributed by atoms with van der Waals surface area (Å²) in [7, 11) is 0. The molecule has 0 saturated heterocycles. The van der Waals surface area contributed by atoms with Crippen LogP contribution in [0.1, 0.15) is 18.5 Å². The number of nitrogens with two attached hydrogens (primary N) is 1. The first kappa shape index (κ1) is 6.97. The van der Waals surface area contributed by atoms with Crippen LogP contribution in [0.4, 0.5) is 4.39 Å². The highest BCUT2D eigenvalue weighted by Gasteiger charge is 2.14. The van der Waals surface area contributed by atoms with Gasteiger partial charge in [-0.05, 0) is 13.0 Å². The van der Waals surface area contributed by atoms with Gasteiger partial charge in [0.25, 0.3) is 0 Å². The Balaban J connectivity index is 3.03. The summed E-state index contributed by atoms with van der Waals surface area (Å²) in [6, 6.07) is 2.82. The highest BCUT2D eigenvalue weighted by atomic mass is 19.1. The number of halogens is 1. The summed E-state index contributed by atoms with van der Waals surface area (Å²) >= 11 is 0. The molecular weight excluding hydrogens is 131 g/mol. The summed E-state index contributed by atoms with van der Waals surface area (Å²) in [4.78, 5) is 3.33. The quantitative estimate of drug-likeness (QED) is 0.605. The summed E-state index contributed by atoms with van der Waals surface area (Å²) in [6.07, 6.45) is 2.38. The molecule has 2 nitrogen and oxygen atoms in total. The van der Waals surface area contributed by atoms with Gasteiger partial charge in [0, 0.05) is 11.0 Å². The summed E-state index contributed by atoms with van der Waals surface area (Å²) < 4.78 is 12.6. The zero-order chi connectivity index (χ0) is 7.56. The van der Waals surface area contributed by atoms with Gasteiger partial charge in [-0.15, -0.1) is 4.39 Å². The number of hydrogen-bond donors (Lipinski definition) is 1. The van der Waals surface area contributed by atoms with Crippen molar-refractivity contribution in [1.82, 2.24) is 0 Å². The molecular formula is C7H8FN2+. The molecule has 0 radical (unpaired) electrons. The first-order valence-electron chi connectivity index (χ1n) is 3.00. The average molecular weight is 139 g/mol. The average Bonchev–Trinajstić information content (AvgIpc) is 1.88. The van der Waals surface area contributed by atoms with Crippen molar-refractivity contribution < 1.29 is 9.37 Å². The molecule has 0 aromatic carbocycles. The van der Waals surface area contributed by atoms with Crippen LogP contribution in [0.3, 0.4) is 0 Å². The molecule has 0 fully saturated rings. The van der Waals surface area contributed by atoms with Crippen molar-refractivity contribution >= 4 is 0 Å². The Hall–Kier alpha value is -1.14. The molecule has 1 heterocycles. The minimum atomic E-state index is -0.530. The van der Waals surface area contributed by atoms with E-state index in [0.717, 1.165) is 0 Å². The van der Waals surface area contributed by atoms with Crippen molar-refractivity contribution in [3.8, 4) is 0 Å². The van der Waals surface area contributed by atoms with Crippen molar-refractivity contribution in [3.63, 3.8) is 0 Å². The highest BCUT2D eigenvalue weighted by Crippen LogP contribution is 2.07. The first-order valence-corrected chi connectivity index (χ1v) is 3.00. The summed E-state index contributed by atoms with van der Waals surface area (Å²) in [5, 5.41) is 0. The van der Waals surface area contributed by atoms with E-state index in [1.165, 1.54) is 0 Å². The molecule has 3 heteroatoms. The second kappa shape index (κ2) is 2.63. The Labute approximate surface area is 58.9 Å². The Morgan fingerprint density at radius 3 is 2.90 bits per heavy atom. The SMILES string of the molecule is CC(N)c1ccc#[n+]c1F. The van der Waals surface area contributed by atoms with Gasteiger partial charge in [0.15, 0.2) is 0 Å². The van der Waals surface area contributed by atoms with Gasteiger partial charge >= 0.3 is 12.1 Å². The van der Waals surface area contributed by atoms with Crippen molar-refractivity contribution in [1.29, 1.82) is 0 Å². The van der Waals surface area contributed by atoms with Crippen LogP contribution in [-0.2, 0) is 0 Å². The monoisotopic (exact) mass is 139 g/mol. The van der Waals surface area contributed by atoms with Crippen LogP contribution in [0.15, 0.2) is 12.1 Å². The smallest absolute Gasteiger partial charge is 0.324 e. The molecule has 10 heavy (non-hydrogen) atoms. The lowest BCUT2D eigenvalue weighted by Gasteiger charge is -1.96. The fourth-order valence-electron chi connectivity index (χ4n) is 0.694. The van der Waals surface area contributed by atoms with E-state index in [4.69, 9.17) is 5.73 Å². The lowest BCUT2D eigenvalue weighted by atomic mass is 10.2. The van der Waals surface area contributed by atoms with Crippen molar-refractivity contribution in [3.05, 3.63) is 29.8 Å². The molecule has 2 N–H and O–H groups in total. The predicted molar refractivity (Wildman–Crippen MR) is 33.4 cm³/mol. The van der Waals surface area contributed by atoms with Crippen molar-refractivity contribution in [2.24, 2.45) is 5.73 Å². The van der Waals surface area contributed by atoms with E-state index in [2.05, 4.69) is 11.2 Å². The normalized spacial score (nSPS) is 12.3. The van der Waals surface area contributed by atoms with Gasteiger partial charge in [0.05, 0.1) is 11.6 Å². The van der Waals surface area contributed by atoms with Gasteiger partial charge in [0.2, 0.25) is 0 Å². The maximum atomic E-state index is 12.6. The Morgan fingerprint density at radius 2 is 2.50 bits per heavy atom. The Bertz CT molecular complexity index is 223. The van der Waals surface area contributed by atoms with E-state index in [0.29, 0.717) is 5.56 Å². The fourth-order valence-corrected chi connectivity index (χ4v) is 0.694. The molecule has 0 spiro atoms. The zero-order valence-electron chi connectivity index (χ0n) is 5.63. The number of hydrogen-bond acceptors (Lipinski definition) is 1. The minimum absolute atomic E-state index is 0.304. The van der Waals surface area contributed by atoms with E-state index in [1.807, 2.05) is 0 Å². The lowest BCUT2D eigenvalue weighted by molar-refractivity contribution is -0.345. The minimum Gasteiger partial charge on any atom is -0.324 e. The Morgan fingerprint density at radius 1 is 1.80 bits per heavy atom. The third-order valence-corrected chi connectivity index (χ3v) is 1.23. The standard InChI is InChI=1S/C7H8FN2/c1-5(9)6-3-2-4-10-7(6)8/h2-3,5H,9H2,1H3/q+1. The van der Waals surface area contributed by atoms with Gasteiger partial charge in [-0.25, -0.2) is 0 Å². The van der Waals surface area contributed by atoms with Crippen LogP contribution in [0.5, 0.6) is 0 Å². The van der Waals surface area contributed by atoms with Crippen LogP contribution >= 0.6 is 0 Å². The molecule has 0 aliphatic carbocycles. The molecule has 52 valence electrons. The van der Waals surface area contributed by atoms with E-state index in [1.54, 1.807) is 19.1 Å². The topological polar surface area (TPSA) is 40.1 Å². The third-order valence-electron chi connectivity index (χ3n) is 1.23. The molecule has 1 aromatic rings. The second-order valence-electron chi connectivity index (χ2n) is 2.11. The van der Waals surface area contributed by atoms with Gasteiger partial charge in [0.1, 0.15) is 0 Å². The second-order valence-corrected chi connectivity index (χ2v) is 2.11. The van der Waals surface area contributed by atoms with Crippen LogP contribution in [0, 0.1) is 12.1 Å². The van der Waals surface area contributed by atoms with E-state index in [-0.39, 0.29) is 6.04 Å². The maximum absolute atomic E-state index is 12.6. The molecule has 0 aliphatic heterocycles. The molecule has 1 rings (SSSR count). The van der Waals surface area contributed by atoms with E-state index in [9.17, 15) is 4.39 Å². The number of rotatable bonds is 1. The molecule has 1 atom stereocenters. The van der Waals surface area contributed by atoms with Crippen LogP contribution in [-0.4, -0.2) is 0 Å². The van der Waals surface area contributed by atoms with Gasteiger partial charge in [-0.1, -0.05) is 0 Å². The number of nitrogens with zero attached hydrogens (tertiary/aromatic N) is 1. The molecule has 0 amide bonds. The molecule has 0 saturated carbocycles. The Kier molecular flexibility index (Phi) is 1.83. The number of aromatic nitrogens is 1. The van der Waals surface area contributed by atoms with Crippen LogP contribution in [0.25, 0.3) is 0 Å². The lowest BCUT2D eigenvalue weighted by Crippen LogP contribution is -2.12. The summed E-state index contributed by atoms with van der Waals surface area (Å²) in [5.41, 5.74) is 5.85. The molecule has 0 aliphatic rings.